The fourth-order valence-electron chi connectivity index (χ4n) is 2.72. The van der Waals surface area contributed by atoms with Crippen LogP contribution in [0, 0.1) is 11.2 Å². The Morgan fingerprint density at radius 2 is 1.59 bits per heavy atom. The number of hydrogen-bond donors (Lipinski definition) is 2. The minimum atomic E-state index is -4.62. The zero-order valence-electron chi connectivity index (χ0n) is 14.1. The Balaban J connectivity index is 1.68. The number of nitrogens with one attached hydrogen (secondary N) is 2. The molecule has 0 unspecified atom stereocenters. The summed E-state index contributed by atoms with van der Waals surface area (Å²) in [4.78, 5) is 24.9. The number of hydrogen-bond acceptors (Lipinski definition) is 2. The smallest absolute Gasteiger partial charge is 0.351 e. The number of halogens is 4. The van der Waals surface area contributed by atoms with Crippen molar-refractivity contribution in [1.29, 1.82) is 0 Å². The van der Waals surface area contributed by atoms with Gasteiger partial charge in [0.05, 0.1) is 11.3 Å². The van der Waals surface area contributed by atoms with Gasteiger partial charge in [0.1, 0.15) is 11.2 Å². The highest BCUT2D eigenvalue weighted by atomic mass is 19.4. The Bertz CT molecular complexity index is 859. The van der Waals surface area contributed by atoms with Crippen LogP contribution in [0.3, 0.4) is 0 Å². The van der Waals surface area contributed by atoms with Gasteiger partial charge in [0.2, 0.25) is 11.8 Å². The first-order valence-electron chi connectivity index (χ1n) is 8.23. The molecule has 27 heavy (non-hydrogen) atoms. The van der Waals surface area contributed by atoms with Crippen molar-refractivity contribution in [3.63, 3.8) is 0 Å². The summed E-state index contributed by atoms with van der Waals surface area (Å²) < 4.78 is 52.0. The Hall–Kier alpha value is -2.90. The van der Waals surface area contributed by atoms with Crippen LogP contribution in [0.25, 0.3) is 0 Å². The van der Waals surface area contributed by atoms with Crippen LogP contribution in [0.1, 0.15) is 24.0 Å². The molecule has 2 aromatic rings. The summed E-state index contributed by atoms with van der Waals surface area (Å²) >= 11 is 0. The molecule has 142 valence electrons. The van der Waals surface area contributed by atoms with Crippen molar-refractivity contribution < 1.29 is 27.2 Å². The molecule has 1 fully saturated rings. The standard InChI is InChI=1S/C19H16F4N2O2/c20-13-7-5-12(6-8-13)11-24-16(26)18(9-10-18)17(27)25-15-4-2-1-3-14(15)19(21,22)23/h1-8H,9-11H2,(H,24,26)(H,25,27). The second-order valence-corrected chi connectivity index (χ2v) is 6.39. The SMILES string of the molecule is O=C(NCc1ccc(F)cc1)C1(C(=O)Nc2ccccc2C(F)(F)F)CC1. The summed E-state index contributed by atoms with van der Waals surface area (Å²) in [6.45, 7) is 0.0906. The van der Waals surface area contributed by atoms with Crippen molar-refractivity contribution in [2.45, 2.75) is 25.6 Å². The highest BCUT2D eigenvalue weighted by Gasteiger charge is 2.56. The summed E-state index contributed by atoms with van der Waals surface area (Å²) in [7, 11) is 0. The van der Waals surface area contributed by atoms with E-state index in [0.717, 1.165) is 12.1 Å². The number of rotatable bonds is 5. The van der Waals surface area contributed by atoms with E-state index in [2.05, 4.69) is 10.6 Å². The number of carbonyl (C=O) groups excluding carboxylic acids is 2. The number of carbonyl (C=O) groups is 2. The first kappa shape index (κ1) is 18.9. The lowest BCUT2D eigenvalue weighted by Gasteiger charge is -2.18. The molecule has 1 saturated carbocycles. The Kier molecular flexibility index (Phi) is 4.91. The number of anilines is 1. The van der Waals surface area contributed by atoms with Crippen LogP contribution < -0.4 is 10.6 Å². The molecule has 0 heterocycles. The summed E-state index contributed by atoms with van der Waals surface area (Å²) in [5, 5.41) is 4.83. The quantitative estimate of drug-likeness (QED) is 0.611. The maximum atomic E-state index is 13.0. The van der Waals surface area contributed by atoms with Crippen LogP contribution in [0.2, 0.25) is 0 Å². The molecule has 2 N–H and O–H groups in total. The zero-order chi connectivity index (χ0) is 19.7. The minimum absolute atomic E-state index is 0.0906. The van der Waals surface area contributed by atoms with Crippen molar-refractivity contribution >= 4 is 17.5 Å². The Morgan fingerprint density at radius 1 is 0.963 bits per heavy atom. The molecule has 2 amide bonds. The van der Waals surface area contributed by atoms with Crippen LogP contribution >= 0.6 is 0 Å². The fraction of sp³-hybridized carbons (Fsp3) is 0.263. The maximum Gasteiger partial charge on any atom is 0.418 e. The molecule has 1 aliphatic rings. The van der Waals surface area contributed by atoms with Crippen LogP contribution in [-0.2, 0) is 22.3 Å². The molecule has 2 aromatic carbocycles. The normalized spacial score (nSPS) is 15.1. The molecule has 4 nitrogen and oxygen atoms in total. The van der Waals surface area contributed by atoms with E-state index in [0.29, 0.717) is 5.56 Å². The first-order chi connectivity index (χ1) is 12.7. The van der Waals surface area contributed by atoms with Gasteiger partial charge in [0.15, 0.2) is 0 Å². The average Bonchev–Trinajstić information content (AvgIpc) is 3.42. The summed E-state index contributed by atoms with van der Waals surface area (Å²) in [5.74, 6) is -1.74. The number of amides is 2. The van der Waals surface area contributed by atoms with Crippen molar-refractivity contribution in [3.8, 4) is 0 Å². The third-order valence-electron chi connectivity index (χ3n) is 4.47. The van der Waals surface area contributed by atoms with Gasteiger partial charge < -0.3 is 10.6 Å². The summed E-state index contributed by atoms with van der Waals surface area (Å²) in [6, 6.07) is 10.1. The third kappa shape index (κ3) is 4.10. The molecule has 0 aromatic heterocycles. The summed E-state index contributed by atoms with van der Waals surface area (Å²) in [5.41, 5.74) is -2.09. The van der Waals surface area contributed by atoms with Crippen molar-refractivity contribution in [1.82, 2.24) is 5.32 Å². The second kappa shape index (κ2) is 7.02. The van der Waals surface area contributed by atoms with Crippen molar-refractivity contribution in [2.24, 2.45) is 5.41 Å². The lowest BCUT2D eigenvalue weighted by atomic mass is 10.0. The van der Waals surface area contributed by atoms with Crippen LogP contribution in [-0.4, -0.2) is 11.8 Å². The van der Waals surface area contributed by atoms with Crippen LogP contribution in [0.15, 0.2) is 48.5 Å². The van der Waals surface area contributed by atoms with E-state index in [9.17, 15) is 27.2 Å². The predicted molar refractivity (Wildman–Crippen MR) is 90.0 cm³/mol. The third-order valence-corrected chi connectivity index (χ3v) is 4.47. The molecule has 0 radical (unpaired) electrons. The molecule has 0 bridgehead atoms. The number of benzene rings is 2. The van der Waals surface area contributed by atoms with Gasteiger partial charge >= 0.3 is 6.18 Å². The van der Waals surface area contributed by atoms with Gasteiger partial charge in [-0.1, -0.05) is 24.3 Å². The molecular weight excluding hydrogens is 364 g/mol. The van der Waals surface area contributed by atoms with Gasteiger partial charge in [-0.15, -0.1) is 0 Å². The molecule has 1 aliphatic carbocycles. The Labute approximate surface area is 152 Å². The number of alkyl halides is 3. The van der Waals surface area contributed by atoms with Gasteiger partial charge in [-0.2, -0.15) is 13.2 Å². The minimum Gasteiger partial charge on any atom is -0.351 e. The number of para-hydroxylation sites is 1. The highest BCUT2D eigenvalue weighted by Crippen LogP contribution is 2.47. The van der Waals surface area contributed by atoms with E-state index in [-0.39, 0.29) is 25.1 Å². The average molecular weight is 380 g/mol. The van der Waals surface area contributed by atoms with Gasteiger partial charge in [0, 0.05) is 6.54 Å². The molecule has 0 atom stereocenters. The predicted octanol–water partition coefficient (Wildman–Crippen LogP) is 3.88. The van der Waals surface area contributed by atoms with Crippen molar-refractivity contribution in [3.05, 3.63) is 65.5 Å². The van der Waals surface area contributed by atoms with Crippen LogP contribution in [0.5, 0.6) is 0 Å². The fourth-order valence-corrected chi connectivity index (χ4v) is 2.72. The zero-order valence-corrected chi connectivity index (χ0v) is 14.1. The van der Waals surface area contributed by atoms with Gasteiger partial charge in [0.25, 0.3) is 0 Å². The summed E-state index contributed by atoms with van der Waals surface area (Å²) in [6.07, 6.45) is -4.12. The Morgan fingerprint density at radius 3 is 2.19 bits per heavy atom. The second-order valence-electron chi connectivity index (χ2n) is 6.39. The van der Waals surface area contributed by atoms with Gasteiger partial charge in [-0.3, -0.25) is 9.59 Å². The lowest BCUT2D eigenvalue weighted by molar-refractivity contribution is -0.137. The highest BCUT2D eigenvalue weighted by molar-refractivity contribution is 6.13. The largest absolute Gasteiger partial charge is 0.418 e. The van der Waals surface area contributed by atoms with Gasteiger partial charge in [-0.25, -0.2) is 4.39 Å². The molecule has 0 spiro atoms. The molecule has 0 aliphatic heterocycles. The molecular formula is C19H16F4N2O2. The molecule has 3 rings (SSSR count). The molecule has 0 saturated heterocycles. The van der Waals surface area contributed by atoms with E-state index in [1.165, 1.54) is 36.4 Å². The maximum absolute atomic E-state index is 13.0. The van der Waals surface area contributed by atoms with E-state index >= 15 is 0 Å². The van der Waals surface area contributed by atoms with E-state index in [1.807, 2.05) is 0 Å². The van der Waals surface area contributed by atoms with E-state index in [4.69, 9.17) is 0 Å². The first-order valence-corrected chi connectivity index (χ1v) is 8.23. The lowest BCUT2D eigenvalue weighted by Crippen LogP contribution is -2.39. The van der Waals surface area contributed by atoms with E-state index < -0.39 is 34.8 Å². The monoisotopic (exact) mass is 380 g/mol. The molecule has 8 heteroatoms. The van der Waals surface area contributed by atoms with Gasteiger partial charge in [-0.05, 0) is 42.7 Å². The topological polar surface area (TPSA) is 58.2 Å². The van der Waals surface area contributed by atoms with E-state index in [1.54, 1.807) is 0 Å². The van der Waals surface area contributed by atoms with Crippen molar-refractivity contribution in [2.75, 3.05) is 5.32 Å². The van der Waals surface area contributed by atoms with Crippen LogP contribution in [0.4, 0.5) is 23.2 Å².